The van der Waals surface area contributed by atoms with Crippen LogP contribution in [0.25, 0.3) is 0 Å². The molecule has 0 amide bonds. The first-order valence-corrected chi connectivity index (χ1v) is 5.68. The summed E-state index contributed by atoms with van der Waals surface area (Å²) >= 11 is 0. The Hall–Kier alpha value is -1.36. The second kappa shape index (κ2) is 7.06. The van der Waals surface area contributed by atoms with E-state index in [2.05, 4.69) is 4.74 Å². The van der Waals surface area contributed by atoms with Crippen molar-refractivity contribution >= 4 is 11.9 Å². The van der Waals surface area contributed by atoms with Crippen LogP contribution in [-0.2, 0) is 23.8 Å². The van der Waals surface area contributed by atoms with Gasteiger partial charge in [-0.3, -0.25) is 4.79 Å². The average molecular weight is 242 g/mol. The summed E-state index contributed by atoms with van der Waals surface area (Å²) in [7, 11) is 1.30. The third-order valence-electron chi connectivity index (χ3n) is 2.51. The fourth-order valence-electron chi connectivity index (χ4n) is 1.70. The maximum absolute atomic E-state index is 11.0. The minimum absolute atomic E-state index is 0.173. The lowest BCUT2D eigenvalue weighted by molar-refractivity contribution is -0.153. The van der Waals surface area contributed by atoms with Crippen LogP contribution in [0, 0.1) is 0 Å². The number of rotatable bonds is 4. The summed E-state index contributed by atoms with van der Waals surface area (Å²) in [6, 6.07) is 0. The van der Waals surface area contributed by atoms with Crippen molar-refractivity contribution in [2.45, 2.75) is 38.4 Å². The highest BCUT2D eigenvalue weighted by Crippen LogP contribution is 2.19. The van der Waals surface area contributed by atoms with E-state index >= 15 is 0 Å². The van der Waals surface area contributed by atoms with Crippen LogP contribution < -0.4 is 0 Å². The third kappa shape index (κ3) is 4.99. The molecule has 1 heterocycles. The van der Waals surface area contributed by atoms with E-state index in [1.54, 1.807) is 0 Å². The largest absolute Gasteiger partial charge is 0.466 e. The second-order valence-electron chi connectivity index (χ2n) is 3.86. The van der Waals surface area contributed by atoms with Gasteiger partial charge in [0.25, 0.3) is 0 Å². The molecule has 2 atom stereocenters. The van der Waals surface area contributed by atoms with Gasteiger partial charge >= 0.3 is 11.9 Å². The Kier molecular flexibility index (Phi) is 5.69. The zero-order chi connectivity index (χ0) is 12.7. The topological polar surface area (TPSA) is 61.8 Å². The molecule has 1 aliphatic rings. The van der Waals surface area contributed by atoms with Gasteiger partial charge in [0.15, 0.2) is 0 Å². The van der Waals surface area contributed by atoms with E-state index in [0.717, 1.165) is 19.3 Å². The van der Waals surface area contributed by atoms with E-state index in [0.29, 0.717) is 6.61 Å². The third-order valence-corrected chi connectivity index (χ3v) is 2.51. The van der Waals surface area contributed by atoms with Gasteiger partial charge < -0.3 is 14.2 Å². The lowest BCUT2D eigenvalue weighted by Crippen LogP contribution is -2.34. The van der Waals surface area contributed by atoms with Crippen molar-refractivity contribution in [3.63, 3.8) is 0 Å². The molecule has 0 aromatic carbocycles. The van der Waals surface area contributed by atoms with Crippen LogP contribution in [-0.4, -0.2) is 37.9 Å². The molecular formula is C12H18O5. The van der Waals surface area contributed by atoms with Gasteiger partial charge in [-0.1, -0.05) is 0 Å². The van der Waals surface area contributed by atoms with Crippen LogP contribution in [0.4, 0.5) is 0 Å². The average Bonchev–Trinajstić information content (AvgIpc) is 2.34. The van der Waals surface area contributed by atoms with Crippen molar-refractivity contribution < 1.29 is 23.8 Å². The van der Waals surface area contributed by atoms with Crippen LogP contribution in [0.1, 0.15) is 26.2 Å². The zero-order valence-corrected chi connectivity index (χ0v) is 10.2. The molecule has 17 heavy (non-hydrogen) atoms. The number of ether oxygens (including phenoxy) is 3. The minimum Gasteiger partial charge on any atom is -0.466 e. The summed E-state index contributed by atoms with van der Waals surface area (Å²) < 4.78 is 15.1. The van der Waals surface area contributed by atoms with Gasteiger partial charge in [-0.2, -0.15) is 0 Å². The molecule has 5 heteroatoms. The van der Waals surface area contributed by atoms with Crippen LogP contribution in [0.2, 0.25) is 0 Å². The predicted octanol–water partition coefficient (Wildman–Crippen LogP) is 1.22. The SMILES string of the molecule is COC(=O)/C=C/[C@@H](OC(C)=O)[C@@H]1CCCCO1. The second-order valence-corrected chi connectivity index (χ2v) is 3.86. The molecule has 0 aliphatic carbocycles. The fourth-order valence-corrected chi connectivity index (χ4v) is 1.70. The van der Waals surface area contributed by atoms with Crippen molar-refractivity contribution in [3.05, 3.63) is 12.2 Å². The van der Waals surface area contributed by atoms with Gasteiger partial charge in [-0.05, 0) is 25.3 Å². The number of carbonyl (C=O) groups excluding carboxylic acids is 2. The number of methoxy groups -OCH3 is 1. The fraction of sp³-hybridized carbons (Fsp3) is 0.667. The Balaban J connectivity index is 2.61. The molecule has 1 aliphatic heterocycles. The molecule has 5 nitrogen and oxygen atoms in total. The van der Waals surface area contributed by atoms with E-state index < -0.39 is 18.0 Å². The van der Waals surface area contributed by atoms with Crippen LogP contribution >= 0.6 is 0 Å². The standard InChI is InChI=1S/C12H18O5/c1-9(13)17-11(6-7-12(14)15-2)10-5-3-4-8-16-10/h6-7,10-11H,3-5,8H2,1-2H3/b7-6+/t10-,11+/m0/s1. The smallest absolute Gasteiger partial charge is 0.330 e. The van der Waals surface area contributed by atoms with Crippen molar-refractivity contribution in [2.24, 2.45) is 0 Å². The van der Waals surface area contributed by atoms with Crippen molar-refractivity contribution in [3.8, 4) is 0 Å². The molecule has 1 fully saturated rings. The summed E-state index contributed by atoms with van der Waals surface area (Å²) in [5.74, 6) is -0.864. The maximum atomic E-state index is 11.0. The number of hydrogen-bond acceptors (Lipinski definition) is 5. The Morgan fingerprint density at radius 1 is 1.41 bits per heavy atom. The van der Waals surface area contributed by atoms with Crippen LogP contribution in [0.3, 0.4) is 0 Å². The first-order valence-electron chi connectivity index (χ1n) is 5.68. The van der Waals surface area contributed by atoms with Gasteiger partial charge in [0.1, 0.15) is 6.10 Å². The highest BCUT2D eigenvalue weighted by Gasteiger charge is 2.25. The summed E-state index contributed by atoms with van der Waals surface area (Å²) in [5.41, 5.74) is 0. The Morgan fingerprint density at radius 3 is 2.71 bits per heavy atom. The van der Waals surface area contributed by atoms with E-state index in [1.807, 2.05) is 0 Å². The molecule has 0 N–H and O–H groups in total. The molecule has 0 saturated carbocycles. The molecule has 0 aromatic heterocycles. The monoisotopic (exact) mass is 242 g/mol. The molecule has 0 spiro atoms. The number of hydrogen-bond donors (Lipinski definition) is 0. The molecule has 0 aromatic rings. The summed E-state index contributed by atoms with van der Waals surface area (Å²) in [6.45, 7) is 2.00. The number of carbonyl (C=O) groups is 2. The lowest BCUT2D eigenvalue weighted by atomic mass is 10.0. The normalized spacial score (nSPS) is 22.1. The summed E-state index contributed by atoms with van der Waals surface area (Å²) in [4.78, 5) is 22.0. The molecular weight excluding hydrogens is 224 g/mol. The van der Waals surface area contributed by atoms with Crippen molar-refractivity contribution in [1.29, 1.82) is 0 Å². The van der Waals surface area contributed by atoms with Gasteiger partial charge in [-0.25, -0.2) is 4.79 Å². The van der Waals surface area contributed by atoms with Crippen LogP contribution in [0.15, 0.2) is 12.2 Å². The van der Waals surface area contributed by atoms with Crippen molar-refractivity contribution in [1.82, 2.24) is 0 Å². The summed E-state index contributed by atoms with van der Waals surface area (Å²) in [6.07, 6.45) is 4.96. The van der Waals surface area contributed by atoms with E-state index in [-0.39, 0.29) is 6.10 Å². The van der Waals surface area contributed by atoms with Crippen molar-refractivity contribution in [2.75, 3.05) is 13.7 Å². The van der Waals surface area contributed by atoms with Gasteiger partial charge in [0.2, 0.25) is 0 Å². The Bertz CT molecular complexity index is 291. The predicted molar refractivity (Wildman–Crippen MR) is 60.3 cm³/mol. The van der Waals surface area contributed by atoms with E-state index in [4.69, 9.17) is 9.47 Å². The van der Waals surface area contributed by atoms with Gasteiger partial charge in [0.05, 0.1) is 13.2 Å². The van der Waals surface area contributed by atoms with Gasteiger partial charge in [-0.15, -0.1) is 0 Å². The highest BCUT2D eigenvalue weighted by atomic mass is 16.6. The molecule has 96 valence electrons. The molecule has 0 bridgehead atoms. The molecule has 0 unspecified atom stereocenters. The first-order chi connectivity index (χ1) is 8.13. The molecule has 0 radical (unpaired) electrons. The maximum Gasteiger partial charge on any atom is 0.330 e. The first kappa shape index (κ1) is 13.7. The Morgan fingerprint density at radius 2 is 2.18 bits per heavy atom. The lowest BCUT2D eigenvalue weighted by Gasteiger charge is -2.27. The minimum atomic E-state index is -0.521. The van der Waals surface area contributed by atoms with Gasteiger partial charge in [0, 0.05) is 19.6 Å². The summed E-state index contributed by atoms with van der Waals surface area (Å²) in [5, 5.41) is 0. The molecule has 1 saturated heterocycles. The van der Waals surface area contributed by atoms with E-state index in [9.17, 15) is 9.59 Å². The highest BCUT2D eigenvalue weighted by molar-refractivity contribution is 5.81. The zero-order valence-electron chi connectivity index (χ0n) is 10.2. The van der Waals surface area contributed by atoms with E-state index in [1.165, 1.54) is 26.2 Å². The number of esters is 2. The Labute approximate surface area is 101 Å². The molecule has 1 rings (SSSR count). The van der Waals surface area contributed by atoms with Crippen LogP contribution in [0.5, 0.6) is 0 Å². The quantitative estimate of drug-likeness (QED) is 0.548.